The Morgan fingerprint density at radius 3 is 2.29 bits per heavy atom. The third-order valence-corrected chi connectivity index (χ3v) is 5.02. The molecule has 0 fully saturated rings. The molecule has 2 aromatic carbocycles. The summed E-state index contributed by atoms with van der Waals surface area (Å²) in [7, 11) is 3.48. The van der Waals surface area contributed by atoms with Gasteiger partial charge in [0.1, 0.15) is 0 Å². The number of rotatable bonds is 2. The number of ether oxygens (including phenoxy) is 2. The molecule has 0 N–H and O–H groups in total. The van der Waals surface area contributed by atoms with Crippen LogP contribution in [0.4, 0.5) is 0 Å². The number of methoxy groups -OCH3 is 2. The normalized spacial score (nSPS) is 24.3. The monoisotopic (exact) mass is 278 g/mol. The van der Waals surface area contributed by atoms with Gasteiger partial charge in [-0.3, -0.25) is 0 Å². The van der Waals surface area contributed by atoms with Crippen LogP contribution in [0.1, 0.15) is 22.3 Å². The smallest absolute Gasteiger partial charge is 0.188 e. The first kappa shape index (κ1) is 12.8. The summed E-state index contributed by atoms with van der Waals surface area (Å²) in [5.41, 5.74) is 4.73. The fraction of sp³-hybridized carbons (Fsp3) is 0.263. The number of benzene rings is 2. The Labute approximate surface area is 125 Å². The van der Waals surface area contributed by atoms with Gasteiger partial charge in [-0.05, 0) is 22.3 Å². The highest BCUT2D eigenvalue weighted by Gasteiger charge is 2.60. The van der Waals surface area contributed by atoms with Crippen molar-refractivity contribution in [2.75, 3.05) is 14.2 Å². The predicted octanol–water partition coefficient (Wildman–Crippen LogP) is 3.54. The Bertz CT molecular complexity index is 728. The minimum absolute atomic E-state index is 0.357. The molecule has 2 aliphatic rings. The number of fused-ring (bicyclic) bond motifs is 4. The largest absolute Gasteiger partial charge is 0.351 e. The minimum atomic E-state index is -0.681. The highest BCUT2D eigenvalue weighted by molar-refractivity contribution is 5.72. The van der Waals surface area contributed by atoms with E-state index in [4.69, 9.17) is 9.47 Å². The SMILES string of the molecule is COC1(OC)Cc2ccccc2C12C=Cc1ccccc12. The van der Waals surface area contributed by atoms with Gasteiger partial charge in [-0.2, -0.15) is 0 Å². The van der Waals surface area contributed by atoms with Crippen LogP contribution in [0, 0.1) is 0 Å². The molecule has 1 unspecified atom stereocenters. The summed E-state index contributed by atoms with van der Waals surface area (Å²) in [4.78, 5) is 0. The van der Waals surface area contributed by atoms with Gasteiger partial charge in [0, 0.05) is 20.6 Å². The van der Waals surface area contributed by atoms with Crippen molar-refractivity contribution >= 4 is 6.08 Å². The molecule has 2 aromatic rings. The van der Waals surface area contributed by atoms with E-state index in [1.54, 1.807) is 14.2 Å². The van der Waals surface area contributed by atoms with Crippen LogP contribution in [0.2, 0.25) is 0 Å². The van der Waals surface area contributed by atoms with E-state index in [9.17, 15) is 0 Å². The molecule has 4 rings (SSSR count). The molecular weight excluding hydrogens is 260 g/mol. The van der Waals surface area contributed by atoms with E-state index in [2.05, 4.69) is 60.7 Å². The van der Waals surface area contributed by atoms with E-state index < -0.39 is 5.79 Å². The summed E-state index contributed by atoms with van der Waals surface area (Å²) in [6.45, 7) is 0. The van der Waals surface area contributed by atoms with Crippen molar-refractivity contribution in [2.45, 2.75) is 17.6 Å². The van der Waals surface area contributed by atoms with Crippen LogP contribution >= 0.6 is 0 Å². The Kier molecular flexibility index (Phi) is 2.62. The van der Waals surface area contributed by atoms with E-state index in [0.717, 1.165) is 6.42 Å². The Morgan fingerprint density at radius 2 is 1.52 bits per heavy atom. The van der Waals surface area contributed by atoms with Crippen LogP contribution in [0.25, 0.3) is 6.08 Å². The van der Waals surface area contributed by atoms with Crippen LogP contribution in [0.3, 0.4) is 0 Å². The first-order valence-electron chi connectivity index (χ1n) is 7.25. The molecule has 0 heterocycles. The van der Waals surface area contributed by atoms with Gasteiger partial charge in [0.05, 0.1) is 5.41 Å². The number of hydrogen-bond donors (Lipinski definition) is 0. The molecule has 21 heavy (non-hydrogen) atoms. The summed E-state index contributed by atoms with van der Waals surface area (Å²) < 4.78 is 11.9. The van der Waals surface area contributed by atoms with Gasteiger partial charge in [0.15, 0.2) is 5.79 Å². The molecule has 2 aliphatic carbocycles. The molecule has 2 nitrogen and oxygen atoms in total. The lowest BCUT2D eigenvalue weighted by molar-refractivity contribution is -0.224. The molecule has 2 heteroatoms. The van der Waals surface area contributed by atoms with Crippen molar-refractivity contribution < 1.29 is 9.47 Å². The van der Waals surface area contributed by atoms with Crippen molar-refractivity contribution in [1.82, 2.24) is 0 Å². The van der Waals surface area contributed by atoms with Gasteiger partial charge >= 0.3 is 0 Å². The Balaban J connectivity index is 2.07. The predicted molar refractivity (Wildman–Crippen MR) is 83.2 cm³/mol. The van der Waals surface area contributed by atoms with Gasteiger partial charge in [-0.15, -0.1) is 0 Å². The summed E-state index contributed by atoms with van der Waals surface area (Å²) in [5, 5.41) is 0. The van der Waals surface area contributed by atoms with E-state index in [0.29, 0.717) is 0 Å². The molecule has 0 radical (unpaired) electrons. The van der Waals surface area contributed by atoms with E-state index in [-0.39, 0.29) is 5.41 Å². The van der Waals surface area contributed by atoms with Crippen molar-refractivity contribution in [3.8, 4) is 0 Å². The second-order valence-electron chi connectivity index (χ2n) is 5.72. The fourth-order valence-electron chi connectivity index (χ4n) is 4.08. The van der Waals surface area contributed by atoms with E-state index in [1.807, 2.05) is 0 Å². The summed E-state index contributed by atoms with van der Waals surface area (Å²) in [6.07, 6.45) is 5.19. The van der Waals surface area contributed by atoms with E-state index in [1.165, 1.54) is 22.3 Å². The molecule has 0 aromatic heterocycles. The van der Waals surface area contributed by atoms with Crippen LogP contribution in [-0.4, -0.2) is 20.0 Å². The summed E-state index contributed by atoms with van der Waals surface area (Å²) >= 11 is 0. The Hall–Kier alpha value is -1.90. The van der Waals surface area contributed by atoms with Crippen LogP contribution in [0.5, 0.6) is 0 Å². The maximum Gasteiger partial charge on any atom is 0.188 e. The average Bonchev–Trinajstić information content (AvgIpc) is 3.07. The number of hydrogen-bond acceptors (Lipinski definition) is 2. The fourth-order valence-corrected chi connectivity index (χ4v) is 4.08. The van der Waals surface area contributed by atoms with Gasteiger partial charge in [0.25, 0.3) is 0 Å². The van der Waals surface area contributed by atoms with Gasteiger partial charge in [-0.1, -0.05) is 60.7 Å². The molecule has 0 saturated heterocycles. The maximum absolute atomic E-state index is 5.95. The van der Waals surface area contributed by atoms with Gasteiger partial charge in [0.2, 0.25) is 0 Å². The molecular formula is C19H18O2. The summed E-state index contributed by atoms with van der Waals surface area (Å²) in [5.74, 6) is -0.681. The molecule has 0 bridgehead atoms. The highest BCUT2D eigenvalue weighted by atomic mass is 16.7. The molecule has 0 aliphatic heterocycles. The van der Waals surface area contributed by atoms with E-state index >= 15 is 0 Å². The lowest BCUT2D eigenvalue weighted by atomic mass is 9.73. The summed E-state index contributed by atoms with van der Waals surface area (Å²) in [6, 6.07) is 17.0. The lowest BCUT2D eigenvalue weighted by Crippen LogP contribution is -2.50. The first-order chi connectivity index (χ1) is 10.3. The second kappa shape index (κ2) is 4.30. The zero-order valence-electron chi connectivity index (χ0n) is 12.3. The molecule has 1 atom stereocenters. The zero-order chi connectivity index (χ0) is 14.5. The standard InChI is InChI=1S/C19H18O2/c1-20-19(21-2)13-15-8-4-6-10-17(15)18(19)12-11-14-7-3-5-9-16(14)18/h3-12H,13H2,1-2H3. The molecule has 1 spiro atoms. The van der Waals surface area contributed by atoms with Crippen molar-refractivity contribution in [2.24, 2.45) is 0 Å². The maximum atomic E-state index is 5.95. The topological polar surface area (TPSA) is 18.5 Å². The third kappa shape index (κ3) is 1.39. The molecule has 106 valence electrons. The van der Waals surface area contributed by atoms with Crippen molar-refractivity contribution in [1.29, 1.82) is 0 Å². The molecule has 0 amide bonds. The highest BCUT2D eigenvalue weighted by Crippen LogP contribution is 2.56. The van der Waals surface area contributed by atoms with Crippen LogP contribution < -0.4 is 0 Å². The average molecular weight is 278 g/mol. The van der Waals surface area contributed by atoms with Crippen molar-refractivity contribution in [3.63, 3.8) is 0 Å². The Morgan fingerprint density at radius 1 is 0.857 bits per heavy atom. The zero-order valence-corrected chi connectivity index (χ0v) is 12.3. The van der Waals surface area contributed by atoms with Crippen molar-refractivity contribution in [3.05, 3.63) is 76.9 Å². The third-order valence-electron chi connectivity index (χ3n) is 5.02. The minimum Gasteiger partial charge on any atom is -0.351 e. The van der Waals surface area contributed by atoms with Crippen LogP contribution in [-0.2, 0) is 21.3 Å². The molecule has 0 saturated carbocycles. The second-order valence-corrected chi connectivity index (χ2v) is 5.72. The van der Waals surface area contributed by atoms with Crippen LogP contribution in [0.15, 0.2) is 54.6 Å². The van der Waals surface area contributed by atoms with Gasteiger partial charge < -0.3 is 9.47 Å². The van der Waals surface area contributed by atoms with Gasteiger partial charge in [-0.25, -0.2) is 0 Å². The first-order valence-corrected chi connectivity index (χ1v) is 7.25. The lowest BCUT2D eigenvalue weighted by Gasteiger charge is -2.41. The quantitative estimate of drug-likeness (QED) is 0.782.